The third-order valence-electron chi connectivity index (χ3n) is 7.09. The highest BCUT2D eigenvalue weighted by Crippen LogP contribution is 2.43. The highest BCUT2D eigenvalue weighted by atomic mass is 16.5. The molecule has 1 atom stereocenters. The number of ether oxygens (including phenoxy) is 4. The van der Waals surface area contributed by atoms with Crippen LogP contribution in [0.3, 0.4) is 0 Å². The molecule has 1 N–H and O–H groups in total. The normalized spacial score (nSPS) is 22.5. The van der Waals surface area contributed by atoms with Crippen LogP contribution in [0.1, 0.15) is 82.6 Å². The van der Waals surface area contributed by atoms with E-state index in [2.05, 4.69) is 11.9 Å². The molecule has 1 aromatic carbocycles. The lowest BCUT2D eigenvalue weighted by molar-refractivity contribution is 0.0167. The Kier molecular flexibility index (Phi) is 6.68. The summed E-state index contributed by atoms with van der Waals surface area (Å²) in [5.41, 5.74) is 3.43. The van der Waals surface area contributed by atoms with E-state index in [1.54, 1.807) is 21.3 Å². The number of methoxy groups -OCH3 is 3. The number of nitrogens with one attached hydrogen (secondary N) is 1. The zero-order valence-corrected chi connectivity index (χ0v) is 20.1. The van der Waals surface area contributed by atoms with Crippen molar-refractivity contribution in [2.45, 2.75) is 64.4 Å². The molecule has 1 fully saturated rings. The number of carbonyl (C=O) groups is 2. The van der Waals surface area contributed by atoms with Crippen LogP contribution in [-0.2, 0) is 11.2 Å². The Balaban J connectivity index is 1.58. The number of H-pyrrole nitrogens is 1. The Bertz CT molecular complexity index is 1020. The van der Waals surface area contributed by atoms with E-state index in [4.69, 9.17) is 18.9 Å². The SMILES string of the molecule is COc1cc([C@H]2CC(=O)c3c([nH]c(C(=O)OC4CCC(C)CC4)c3C)C2)cc(OC)c1OC. The predicted octanol–water partition coefficient (Wildman–Crippen LogP) is 5.00. The van der Waals surface area contributed by atoms with Gasteiger partial charge in [0.15, 0.2) is 17.3 Å². The first-order valence-electron chi connectivity index (χ1n) is 11.6. The highest BCUT2D eigenvalue weighted by molar-refractivity contribution is 6.03. The first-order chi connectivity index (χ1) is 15.9. The van der Waals surface area contributed by atoms with Crippen LogP contribution in [0.4, 0.5) is 0 Å². The van der Waals surface area contributed by atoms with Crippen LogP contribution < -0.4 is 14.2 Å². The van der Waals surface area contributed by atoms with Crippen LogP contribution in [0.25, 0.3) is 0 Å². The van der Waals surface area contributed by atoms with Crippen molar-refractivity contribution < 1.29 is 28.5 Å². The molecule has 0 radical (unpaired) electrons. The van der Waals surface area contributed by atoms with Gasteiger partial charge < -0.3 is 23.9 Å². The number of esters is 1. The fourth-order valence-electron chi connectivity index (χ4n) is 5.17. The van der Waals surface area contributed by atoms with Crippen molar-refractivity contribution in [3.05, 3.63) is 40.2 Å². The van der Waals surface area contributed by atoms with Crippen LogP contribution in [0, 0.1) is 12.8 Å². The van der Waals surface area contributed by atoms with E-state index in [1.807, 2.05) is 19.1 Å². The number of hydrogen-bond acceptors (Lipinski definition) is 6. The molecule has 1 aromatic heterocycles. The van der Waals surface area contributed by atoms with Gasteiger partial charge in [-0.25, -0.2) is 4.79 Å². The van der Waals surface area contributed by atoms with Gasteiger partial charge in [-0.05, 0) is 74.1 Å². The van der Waals surface area contributed by atoms with Crippen molar-refractivity contribution >= 4 is 11.8 Å². The van der Waals surface area contributed by atoms with Gasteiger partial charge in [-0.15, -0.1) is 0 Å². The van der Waals surface area contributed by atoms with E-state index in [9.17, 15) is 9.59 Å². The molecule has 0 aliphatic heterocycles. The minimum atomic E-state index is -0.362. The molecule has 2 aliphatic rings. The number of rotatable bonds is 6. The minimum Gasteiger partial charge on any atom is -0.493 e. The average Bonchev–Trinajstić information content (AvgIpc) is 3.16. The molecule has 1 saturated carbocycles. The maximum absolute atomic E-state index is 13.1. The van der Waals surface area contributed by atoms with Crippen LogP contribution in [0.2, 0.25) is 0 Å². The second-order valence-corrected chi connectivity index (χ2v) is 9.25. The number of aromatic nitrogens is 1. The molecule has 2 aromatic rings. The molecule has 0 spiro atoms. The Morgan fingerprint density at radius 1 is 0.970 bits per heavy atom. The van der Waals surface area contributed by atoms with E-state index in [1.165, 1.54) is 0 Å². The van der Waals surface area contributed by atoms with E-state index in [-0.39, 0.29) is 23.8 Å². The van der Waals surface area contributed by atoms with Gasteiger partial charge >= 0.3 is 5.97 Å². The first kappa shape index (κ1) is 23.2. The van der Waals surface area contributed by atoms with Gasteiger partial charge in [0, 0.05) is 17.7 Å². The van der Waals surface area contributed by atoms with E-state index in [0.29, 0.717) is 52.8 Å². The van der Waals surface area contributed by atoms with Crippen molar-refractivity contribution in [3.8, 4) is 17.2 Å². The molecule has 4 rings (SSSR count). The Morgan fingerprint density at radius 3 is 2.18 bits per heavy atom. The van der Waals surface area contributed by atoms with Crippen molar-refractivity contribution in [1.82, 2.24) is 4.98 Å². The number of benzene rings is 1. The predicted molar refractivity (Wildman–Crippen MR) is 124 cm³/mol. The van der Waals surface area contributed by atoms with Crippen molar-refractivity contribution in [2.75, 3.05) is 21.3 Å². The molecule has 1 heterocycles. The maximum atomic E-state index is 13.1. The molecule has 0 saturated heterocycles. The number of Topliss-reactive ketones (excluding diaryl/α,β-unsaturated/α-hetero) is 1. The molecule has 7 heteroatoms. The Hall–Kier alpha value is -2.96. The highest BCUT2D eigenvalue weighted by Gasteiger charge is 2.34. The summed E-state index contributed by atoms with van der Waals surface area (Å²) in [4.78, 5) is 29.3. The number of fused-ring (bicyclic) bond motifs is 1. The molecule has 7 nitrogen and oxygen atoms in total. The van der Waals surface area contributed by atoms with E-state index < -0.39 is 0 Å². The molecule has 0 amide bonds. The second-order valence-electron chi connectivity index (χ2n) is 9.25. The van der Waals surface area contributed by atoms with Gasteiger partial charge in [0.25, 0.3) is 0 Å². The van der Waals surface area contributed by atoms with Gasteiger partial charge in [0.05, 0.1) is 21.3 Å². The summed E-state index contributed by atoms with van der Waals surface area (Å²) in [6.45, 7) is 4.06. The van der Waals surface area contributed by atoms with Crippen LogP contribution in [-0.4, -0.2) is 44.2 Å². The second kappa shape index (κ2) is 9.49. The lowest BCUT2D eigenvalue weighted by atomic mass is 9.81. The molecule has 0 bridgehead atoms. The molecule has 178 valence electrons. The summed E-state index contributed by atoms with van der Waals surface area (Å²) in [6, 6.07) is 3.78. The largest absolute Gasteiger partial charge is 0.493 e. The monoisotopic (exact) mass is 455 g/mol. The van der Waals surface area contributed by atoms with Gasteiger partial charge in [0.1, 0.15) is 11.8 Å². The fraction of sp³-hybridized carbons (Fsp3) is 0.538. The summed E-state index contributed by atoms with van der Waals surface area (Å²) >= 11 is 0. The summed E-state index contributed by atoms with van der Waals surface area (Å²) in [5.74, 6) is 1.90. The number of aromatic amines is 1. The van der Waals surface area contributed by atoms with Gasteiger partial charge in [-0.2, -0.15) is 0 Å². The third kappa shape index (κ3) is 4.45. The lowest BCUT2D eigenvalue weighted by Crippen LogP contribution is -2.24. The smallest absolute Gasteiger partial charge is 0.355 e. The summed E-state index contributed by atoms with van der Waals surface area (Å²) in [5, 5.41) is 0. The number of hydrogen-bond donors (Lipinski definition) is 1. The Labute approximate surface area is 194 Å². The van der Waals surface area contributed by atoms with Crippen molar-refractivity contribution in [2.24, 2.45) is 5.92 Å². The van der Waals surface area contributed by atoms with Crippen molar-refractivity contribution in [3.63, 3.8) is 0 Å². The van der Waals surface area contributed by atoms with E-state index in [0.717, 1.165) is 36.9 Å². The zero-order chi connectivity index (χ0) is 23.7. The third-order valence-corrected chi connectivity index (χ3v) is 7.09. The maximum Gasteiger partial charge on any atom is 0.355 e. The molecular formula is C26H33NO6. The van der Waals surface area contributed by atoms with Gasteiger partial charge in [-0.1, -0.05) is 6.92 Å². The topological polar surface area (TPSA) is 86.9 Å². The van der Waals surface area contributed by atoms with E-state index >= 15 is 0 Å². The van der Waals surface area contributed by atoms with Crippen molar-refractivity contribution in [1.29, 1.82) is 0 Å². The van der Waals surface area contributed by atoms with Crippen LogP contribution in [0.5, 0.6) is 17.2 Å². The molecule has 0 unspecified atom stereocenters. The summed E-state index contributed by atoms with van der Waals surface area (Å²) in [7, 11) is 4.71. The van der Waals surface area contributed by atoms with Gasteiger partial charge in [-0.3, -0.25) is 4.79 Å². The number of ketones is 1. The molecular weight excluding hydrogens is 422 g/mol. The summed E-state index contributed by atoms with van der Waals surface area (Å²) < 4.78 is 22.2. The molecule has 33 heavy (non-hydrogen) atoms. The van der Waals surface area contributed by atoms with Gasteiger partial charge in [0.2, 0.25) is 5.75 Å². The van der Waals surface area contributed by atoms with Crippen LogP contribution >= 0.6 is 0 Å². The standard InChI is InChI=1S/C26H33NO6/c1-14-6-8-18(9-7-14)33-26(29)24-15(2)23-19(27-24)10-16(11-20(23)28)17-12-21(30-3)25(32-5)22(13-17)31-4/h12-14,16,18,27H,6-11H2,1-5H3/t14?,16-,18?/m1/s1. The quantitative estimate of drug-likeness (QED) is 0.617. The summed E-state index contributed by atoms with van der Waals surface area (Å²) in [6.07, 6.45) is 4.85. The van der Waals surface area contributed by atoms with Crippen LogP contribution in [0.15, 0.2) is 12.1 Å². The first-order valence-corrected chi connectivity index (χ1v) is 11.6. The lowest BCUT2D eigenvalue weighted by Gasteiger charge is -2.25. The zero-order valence-electron chi connectivity index (χ0n) is 20.1. The average molecular weight is 456 g/mol. The molecule has 2 aliphatic carbocycles. The fourth-order valence-corrected chi connectivity index (χ4v) is 5.17. The Morgan fingerprint density at radius 2 is 1.61 bits per heavy atom. The number of carbonyl (C=O) groups excluding carboxylic acids is 2. The minimum absolute atomic E-state index is 0.0225.